The highest BCUT2D eigenvalue weighted by molar-refractivity contribution is 5.86. The van der Waals surface area contributed by atoms with Crippen LogP contribution >= 0.6 is 0 Å². The molecule has 2 aromatic rings. The third kappa shape index (κ3) is 2.47. The number of piperidine rings is 1. The van der Waals surface area contributed by atoms with Crippen LogP contribution < -0.4 is 5.73 Å². The van der Waals surface area contributed by atoms with Crippen LogP contribution in [0.3, 0.4) is 0 Å². The van der Waals surface area contributed by atoms with Crippen LogP contribution in [0.2, 0.25) is 0 Å². The van der Waals surface area contributed by atoms with Crippen LogP contribution in [0.15, 0.2) is 24.4 Å². The summed E-state index contributed by atoms with van der Waals surface area (Å²) < 4.78 is 2.31. The zero-order valence-electron chi connectivity index (χ0n) is 11.7. The molecule has 1 saturated heterocycles. The third-order valence-corrected chi connectivity index (χ3v) is 4.17. The zero-order valence-corrected chi connectivity index (χ0v) is 11.7. The molecule has 0 aliphatic carbocycles. The molecule has 0 radical (unpaired) electrons. The monoisotopic (exact) mass is 257 g/mol. The summed E-state index contributed by atoms with van der Waals surface area (Å²) in [6, 6.07) is 6.29. The van der Waals surface area contributed by atoms with Crippen molar-refractivity contribution in [2.45, 2.75) is 39.3 Å². The molecule has 0 amide bonds. The average Bonchev–Trinajstić information content (AvgIpc) is 2.77. The van der Waals surface area contributed by atoms with Crippen LogP contribution in [0.1, 0.15) is 31.7 Å². The van der Waals surface area contributed by atoms with Crippen molar-refractivity contribution in [1.29, 1.82) is 0 Å². The molecule has 2 N–H and O–H groups in total. The minimum Gasteiger partial charge on any atom is -0.399 e. The van der Waals surface area contributed by atoms with Crippen LogP contribution in [0.4, 0.5) is 5.69 Å². The molecule has 2 heterocycles. The maximum atomic E-state index is 5.92. The Hall–Kier alpha value is -1.48. The van der Waals surface area contributed by atoms with E-state index in [1.807, 2.05) is 6.07 Å². The first-order valence-corrected chi connectivity index (χ1v) is 7.37. The third-order valence-electron chi connectivity index (χ3n) is 4.17. The number of hydrogen-bond acceptors (Lipinski definition) is 2. The number of likely N-dealkylation sites (tertiary alicyclic amines) is 1. The molecule has 102 valence electrons. The predicted molar refractivity (Wildman–Crippen MR) is 81.2 cm³/mol. The summed E-state index contributed by atoms with van der Waals surface area (Å²) in [5.74, 6) is 0. The van der Waals surface area contributed by atoms with Crippen molar-refractivity contribution in [3.8, 4) is 0 Å². The van der Waals surface area contributed by atoms with Crippen LogP contribution in [-0.4, -0.2) is 22.6 Å². The van der Waals surface area contributed by atoms with Gasteiger partial charge in [0.05, 0.1) is 5.52 Å². The second-order valence-electron chi connectivity index (χ2n) is 5.55. The van der Waals surface area contributed by atoms with Crippen LogP contribution in [-0.2, 0) is 13.1 Å². The quantitative estimate of drug-likeness (QED) is 0.857. The lowest BCUT2D eigenvalue weighted by Gasteiger charge is -2.26. The first-order valence-electron chi connectivity index (χ1n) is 7.37. The highest BCUT2D eigenvalue weighted by atomic mass is 15.1. The molecule has 0 unspecified atom stereocenters. The highest BCUT2D eigenvalue weighted by Gasteiger charge is 2.14. The molecule has 1 aliphatic heterocycles. The van der Waals surface area contributed by atoms with E-state index in [0.29, 0.717) is 0 Å². The van der Waals surface area contributed by atoms with Gasteiger partial charge in [-0.05, 0) is 50.6 Å². The minimum absolute atomic E-state index is 0.852. The van der Waals surface area contributed by atoms with Gasteiger partial charge in [0.25, 0.3) is 0 Å². The number of anilines is 1. The fraction of sp³-hybridized carbons (Fsp3) is 0.500. The van der Waals surface area contributed by atoms with Gasteiger partial charge >= 0.3 is 0 Å². The van der Waals surface area contributed by atoms with E-state index in [0.717, 1.165) is 18.8 Å². The van der Waals surface area contributed by atoms with Crippen molar-refractivity contribution in [1.82, 2.24) is 9.47 Å². The number of rotatable bonds is 3. The average molecular weight is 257 g/mol. The summed E-state index contributed by atoms with van der Waals surface area (Å²) in [6.45, 7) is 6.75. The summed E-state index contributed by atoms with van der Waals surface area (Å²) >= 11 is 0. The Morgan fingerprint density at radius 3 is 2.68 bits per heavy atom. The van der Waals surface area contributed by atoms with Crippen molar-refractivity contribution < 1.29 is 0 Å². The van der Waals surface area contributed by atoms with E-state index in [1.165, 1.54) is 48.8 Å². The maximum absolute atomic E-state index is 5.92. The second-order valence-corrected chi connectivity index (χ2v) is 5.55. The molecule has 0 spiro atoms. The predicted octanol–water partition coefficient (Wildman–Crippen LogP) is 3.23. The van der Waals surface area contributed by atoms with E-state index >= 15 is 0 Å². The largest absolute Gasteiger partial charge is 0.399 e. The SMILES string of the molecule is CCn1cc(CN2CCCCC2)c2ccc(N)cc21. The van der Waals surface area contributed by atoms with Gasteiger partial charge in [0.15, 0.2) is 0 Å². The van der Waals surface area contributed by atoms with E-state index < -0.39 is 0 Å². The number of aromatic nitrogens is 1. The van der Waals surface area contributed by atoms with Gasteiger partial charge in [0.1, 0.15) is 0 Å². The molecule has 1 aromatic heterocycles. The first kappa shape index (κ1) is 12.5. The molecule has 1 aliphatic rings. The van der Waals surface area contributed by atoms with Crippen LogP contribution in [0, 0.1) is 0 Å². The molecular weight excluding hydrogens is 234 g/mol. The van der Waals surface area contributed by atoms with Crippen molar-refractivity contribution in [3.05, 3.63) is 30.0 Å². The number of fused-ring (bicyclic) bond motifs is 1. The lowest BCUT2D eigenvalue weighted by molar-refractivity contribution is 0.221. The summed E-state index contributed by atoms with van der Waals surface area (Å²) in [4.78, 5) is 2.58. The Bertz CT molecular complexity index is 565. The molecular formula is C16H23N3. The molecule has 3 rings (SSSR count). The summed E-state index contributed by atoms with van der Waals surface area (Å²) in [5, 5.41) is 1.36. The molecule has 1 aromatic carbocycles. The fourth-order valence-corrected chi connectivity index (χ4v) is 3.13. The molecule has 19 heavy (non-hydrogen) atoms. The number of benzene rings is 1. The summed E-state index contributed by atoms with van der Waals surface area (Å²) in [7, 11) is 0. The van der Waals surface area contributed by atoms with Crippen molar-refractivity contribution in [2.75, 3.05) is 18.8 Å². The number of nitrogens with two attached hydrogens (primary N) is 1. The molecule has 3 heteroatoms. The number of nitrogen functional groups attached to an aromatic ring is 1. The molecule has 0 saturated carbocycles. The van der Waals surface area contributed by atoms with Crippen molar-refractivity contribution in [3.63, 3.8) is 0 Å². The Morgan fingerprint density at radius 2 is 1.95 bits per heavy atom. The van der Waals surface area contributed by atoms with Gasteiger partial charge in [-0.2, -0.15) is 0 Å². The Kier molecular flexibility index (Phi) is 3.47. The topological polar surface area (TPSA) is 34.2 Å². The number of nitrogens with zero attached hydrogens (tertiary/aromatic N) is 2. The van der Waals surface area contributed by atoms with Gasteiger partial charge in [-0.1, -0.05) is 12.5 Å². The first-order chi connectivity index (χ1) is 9.28. The van der Waals surface area contributed by atoms with Gasteiger partial charge in [-0.15, -0.1) is 0 Å². The summed E-state index contributed by atoms with van der Waals surface area (Å²) in [6.07, 6.45) is 6.39. The van der Waals surface area contributed by atoms with Crippen molar-refractivity contribution >= 4 is 16.6 Å². The minimum atomic E-state index is 0.852. The second kappa shape index (κ2) is 5.25. The van der Waals surface area contributed by atoms with Gasteiger partial charge in [-0.25, -0.2) is 0 Å². The number of aryl methyl sites for hydroxylation is 1. The molecule has 0 bridgehead atoms. The van der Waals surface area contributed by atoms with Gasteiger partial charge in [0.2, 0.25) is 0 Å². The smallest absolute Gasteiger partial charge is 0.0504 e. The lowest BCUT2D eigenvalue weighted by Crippen LogP contribution is -2.28. The molecule has 3 nitrogen and oxygen atoms in total. The van der Waals surface area contributed by atoms with Gasteiger partial charge < -0.3 is 10.3 Å². The normalized spacial score (nSPS) is 17.1. The molecule has 1 fully saturated rings. The van der Waals surface area contributed by atoms with E-state index in [1.54, 1.807) is 0 Å². The van der Waals surface area contributed by atoms with E-state index in [2.05, 4.69) is 34.7 Å². The van der Waals surface area contributed by atoms with Gasteiger partial charge in [0, 0.05) is 30.4 Å². The van der Waals surface area contributed by atoms with E-state index in [-0.39, 0.29) is 0 Å². The van der Waals surface area contributed by atoms with Gasteiger partial charge in [-0.3, -0.25) is 4.90 Å². The highest BCUT2D eigenvalue weighted by Crippen LogP contribution is 2.25. The Balaban J connectivity index is 1.94. The lowest BCUT2D eigenvalue weighted by atomic mass is 10.1. The summed E-state index contributed by atoms with van der Waals surface area (Å²) in [5.41, 5.74) is 9.48. The van der Waals surface area contributed by atoms with E-state index in [9.17, 15) is 0 Å². The van der Waals surface area contributed by atoms with E-state index in [4.69, 9.17) is 5.73 Å². The zero-order chi connectivity index (χ0) is 13.2. The van der Waals surface area contributed by atoms with Crippen LogP contribution in [0.5, 0.6) is 0 Å². The Labute approximate surface area is 115 Å². The van der Waals surface area contributed by atoms with Crippen LogP contribution in [0.25, 0.3) is 10.9 Å². The number of hydrogen-bond donors (Lipinski definition) is 1. The molecule has 0 atom stereocenters. The standard InChI is InChI=1S/C16H23N3/c1-2-19-12-13(11-18-8-4-3-5-9-18)15-7-6-14(17)10-16(15)19/h6-7,10,12H,2-5,8-9,11,17H2,1H3. The maximum Gasteiger partial charge on any atom is 0.0504 e. The Morgan fingerprint density at radius 1 is 1.16 bits per heavy atom. The fourth-order valence-electron chi connectivity index (χ4n) is 3.13. The van der Waals surface area contributed by atoms with Crippen molar-refractivity contribution in [2.24, 2.45) is 0 Å².